The first-order chi connectivity index (χ1) is 18.9. The third-order valence-corrected chi connectivity index (χ3v) is 7.94. The number of aliphatic imine (C=N–C) groups is 2. The lowest BCUT2D eigenvalue weighted by atomic mass is 9.85. The molecule has 222 valence electrons. The number of nitrogens with zero attached hydrogens (tertiary/aromatic N) is 4. The van der Waals surface area contributed by atoms with Gasteiger partial charge in [-0.1, -0.05) is 11.8 Å². The average Bonchev–Trinajstić information content (AvgIpc) is 3.45. The Labute approximate surface area is 229 Å². The number of nitrogens with two attached hydrogens (primary N) is 2. The number of rotatable bonds is 4. The standard InChI is InChI=1S/C21H19F6N7O6S/c22-20(23,24)7-1-2-9(21(25,26)27)8(3-7)14(36)40-11-5-34-16(29)30-10(4-33-12(35)6-41-17(33)37)13-18(34,19(11,38)39)32-15(28)31-13/h1-3,10-11,13,38-39H,4-6H2,(H2,29,30)(H3,28,31,32)/t10?,11-,13-,18?/m0/s1. The van der Waals surface area contributed by atoms with Crippen LogP contribution in [-0.2, 0) is 21.9 Å². The van der Waals surface area contributed by atoms with Crippen LogP contribution in [0.4, 0.5) is 31.1 Å². The minimum Gasteiger partial charge on any atom is -0.451 e. The van der Waals surface area contributed by atoms with Gasteiger partial charge in [0.25, 0.3) is 5.24 Å². The molecule has 4 atom stereocenters. The predicted octanol–water partition coefficient (Wildman–Crippen LogP) is -0.379. The van der Waals surface area contributed by atoms with E-state index in [2.05, 4.69) is 15.3 Å². The molecule has 2 fully saturated rings. The molecule has 41 heavy (non-hydrogen) atoms. The van der Waals surface area contributed by atoms with E-state index in [1.165, 1.54) is 0 Å². The Balaban J connectivity index is 1.49. The maximum atomic E-state index is 13.6. The molecule has 5 rings (SSSR count). The normalized spacial score (nSPS) is 29.1. The number of carbonyl (C=O) groups excluding carboxylic acids is 3. The topological polar surface area (TPSA) is 196 Å². The van der Waals surface area contributed by atoms with Crippen LogP contribution in [0.2, 0.25) is 0 Å². The summed E-state index contributed by atoms with van der Waals surface area (Å²) in [4.78, 5) is 47.3. The number of carbonyl (C=O) groups is 3. The highest BCUT2D eigenvalue weighted by Crippen LogP contribution is 2.46. The summed E-state index contributed by atoms with van der Waals surface area (Å²) >= 11 is 0.721. The van der Waals surface area contributed by atoms with E-state index in [0.717, 1.165) is 21.6 Å². The number of alkyl halides is 6. The Hall–Kier alpha value is -3.78. The second kappa shape index (κ2) is 9.11. The maximum absolute atomic E-state index is 13.6. The average molecular weight is 611 g/mol. The van der Waals surface area contributed by atoms with Gasteiger partial charge in [-0.05, 0) is 18.2 Å². The zero-order valence-electron chi connectivity index (χ0n) is 20.2. The molecule has 0 aromatic heterocycles. The molecule has 2 amide bonds. The van der Waals surface area contributed by atoms with E-state index < -0.39 is 94.8 Å². The summed E-state index contributed by atoms with van der Waals surface area (Å²) in [6.07, 6.45) is -12.5. The van der Waals surface area contributed by atoms with Crippen LogP contribution in [0.25, 0.3) is 0 Å². The lowest BCUT2D eigenvalue weighted by molar-refractivity contribution is -0.256. The number of hydrogen-bond donors (Lipinski definition) is 5. The van der Waals surface area contributed by atoms with Gasteiger partial charge in [0, 0.05) is 0 Å². The van der Waals surface area contributed by atoms with Crippen LogP contribution in [0.15, 0.2) is 28.2 Å². The molecule has 4 heterocycles. The molecule has 0 saturated carbocycles. The van der Waals surface area contributed by atoms with E-state index in [0.29, 0.717) is 0 Å². The fourth-order valence-corrected chi connectivity index (χ4v) is 5.98. The minimum absolute atomic E-state index is 0.0543. The highest BCUT2D eigenvalue weighted by atomic mass is 32.2. The summed E-state index contributed by atoms with van der Waals surface area (Å²) < 4.78 is 85.3. The van der Waals surface area contributed by atoms with Crippen molar-refractivity contribution in [3.63, 3.8) is 0 Å². The smallest absolute Gasteiger partial charge is 0.417 e. The van der Waals surface area contributed by atoms with Crippen molar-refractivity contribution < 1.29 is 55.7 Å². The number of esters is 1. The summed E-state index contributed by atoms with van der Waals surface area (Å²) in [5.41, 5.74) is 4.71. The number of thioether (sulfide) groups is 1. The summed E-state index contributed by atoms with van der Waals surface area (Å²) in [5, 5.41) is 24.5. The summed E-state index contributed by atoms with van der Waals surface area (Å²) in [7, 11) is 0. The van der Waals surface area contributed by atoms with Crippen LogP contribution in [0.1, 0.15) is 21.5 Å². The highest BCUT2D eigenvalue weighted by Gasteiger charge is 2.74. The Morgan fingerprint density at radius 3 is 2.41 bits per heavy atom. The van der Waals surface area contributed by atoms with Crippen molar-refractivity contribution in [1.29, 1.82) is 0 Å². The second-order valence-corrected chi connectivity index (χ2v) is 10.4. The number of imide groups is 1. The van der Waals surface area contributed by atoms with E-state index in [-0.39, 0.29) is 29.9 Å². The fourth-order valence-electron chi connectivity index (χ4n) is 5.25. The number of guanidine groups is 2. The Kier molecular flexibility index (Phi) is 6.39. The molecule has 1 spiro atoms. The number of nitrogens with one attached hydrogen (secondary N) is 1. The van der Waals surface area contributed by atoms with Crippen LogP contribution in [0, 0.1) is 0 Å². The third kappa shape index (κ3) is 4.40. The molecular formula is C21H19F6N7O6S. The Bertz CT molecular complexity index is 1390. The van der Waals surface area contributed by atoms with Crippen LogP contribution in [-0.4, -0.2) is 97.5 Å². The van der Waals surface area contributed by atoms with Gasteiger partial charge in [-0.2, -0.15) is 26.3 Å². The van der Waals surface area contributed by atoms with Gasteiger partial charge in [0.2, 0.25) is 11.7 Å². The number of aliphatic hydroxyl groups is 2. The van der Waals surface area contributed by atoms with Gasteiger partial charge in [0.15, 0.2) is 23.7 Å². The molecule has 20 heteroatoms. The quantitative estimate of drug-likeness (QED) is 0.169. The zero-order valence-corrected chi connectivity index (χ0v) is 21.0. The van der Waals surface area contributed by atoms with Crippen molar-refractivity contribution >= 4 is 40.8 Å². The molecule has 4 aliphatic rings. The first kappa shape index (κ1) is 28.7. The summed E-state index contributed by atoms with van der Waals surface area (Å²) in [6.45, 7) is -1.14. The Morgan fingerprint density at radius 2 is 1.83 bits per heavy atom. The van der Waals surface area contributed by atoms with Gasteiger partial charge in [-0.3, -0.25) is 14.5 Å². The highest BCUT2D eigenvalue weighted by molar-refractivity contribution is 8.14. The number of amides is 2. The summed E-state index contributed by atoms with van der Waals surface area (Å²) in [5.74, 6) is -6.74. The molecule has 2 saturated heterocycles. The third-order valence-electron chi connectivity index (χ3n) is 7.08. The molecule has 0 radical (unpaired) electrons. The fraction of sp³-hybridized carbons (Fsp3) is 0.476. The summed E-state index contributed by atoms with van der Waals surface area (Å²) in [6, 6.07) is -2.49. The first-order valence-corrected chi connectivity index (χ1v) is 12.5. The van der Waals surface area contributed by atoms with Crippen molar-refractivity contribution in [2.45, 2.75) is 42.0 Å². The number of halogens is 6. The molecule has 7 N–H and O–H groups in total. The molecule has 1 aromatic carbocycles. The van der Waals surface area contributed by atoms with Gasteiger partial charge >= 0.3 is 18.3 Å². The lowest BCUT2D eigenvalue weighted by Crippen LogP contribution is -2.77. The molecule has 0 bridgehead atoms. The van der Waals surface area contributed by atoms with E-state index >= 15 is 0 Å². The second-order valence-electron chi connectivity index (χ2n) is 9.45. The largest absolute Gasteiger partial charge is 0.451 e. The van der Waals surface area contributed by atoms with E-state index in [1.54, 1.807) is 0 Å². The van der Waals surface area contributed by atoms with Crippen molar-refractivity contribution in [3.05, 3.63) is 34.9 Å². The Morgan fingerprint density at radius 1 is 1.15 bits per heavy atom. The first-order valence-electron chi connectivity index (χ1n) is 11.5. The maximum Gasteiger partial charge on any atom is 0.417 e. The van der Waals surface area contributed by atoms with Gasteiger partial charge in [0.1, 0.15) is 6.04 Å². The van der Waals surface area contributed by atoms with Crippen LogP contribution < -0.4 is 16.8 Å². The molecule has 13 nitrogen and oxygen atoms in total. The van der Waals surface area contributed by atoms with Crippen molar-refractivity contribution in [2.24, 2.45) is 21.5 Å². The molecule has 1 aromatic rings. The minimum atomic E-state index is -5.27. The number of benzene rings is 1. The zero-order chi connectivity index (χ0) is 30.3. The van der Waals surface area contributed by atoms with Gasteiger partial charge in [0.05, 0.1) is 41.6 Å². The van der Waals surface area contributed by atoms with Crippen LogP contribution in [0.5, 0.6) is 0 Å². The molecular weight excluding hydrogens is 592 g/mol. The molecule has 2 unspecified atom stereocenters. The van der Waals surface area contributed by atoms with Crippen molar-refractivity contribution in [1.82, 2.24) is 15.1 Å². The van der Waals surface area contributed by atoms with Crippen molar-refractivity contribution in [2.75, 3.05) is 18.8 Å². The predicted molar refractivity (Wildman–Crippen MR) is 126 cm³/mol. The molecule has 0 aliphatic carbocycles. The van der Waals surface area contributed by atoms with E-state index in [9.17, 15) is 50.9 Å². The van der Waals surface area contributed by atoms with Crippen LogP contribution >= 0.6 is 11.8 Å². The van der Waals surface area contributed by atoms with E-state index in [1.807, 2.05) is 0 Å². The number of ether oxygens (including phenoxy) is 1. The van der Waals surface area contributed by atoms with Gasteiger partial charge < -0.3 is 36.6 Å². The molecule has 4 aliphatic heterocycles. The van der Waals surface area contributed by atoms with Gasteiger partial charge in [-0.25, -0.2) is 14.8 Å². The van der Waals surface area contributed by atoms with Gasteiger partial charge in [-0.15, -0.1) is 0 Å². The van der Waals surface area contributed by atoms with E-state index in [4.69, 9.17) is 16.2 Å². The monoisotopic (exact) mass is 611 g/mol. The van der Waals surface area contributed by atoms with Crippen LogP contribution in [0.3, 0.4) is 0 Å². The van der Waals surface area contributed by atoms with Crippen molar-refractivity contribution in [3.8, 4) is 0 Å². The number of hydrogen-bond acceptors (Lipinski definition) is 13. The lowest BCUT2D eigenvalue weighted by Gasteiger charge is -2.48. The SMILES string of the molecule is NC1=N[C@H]2C(CN3C(=O)CSC3=O)N=C(N)N3C[C@H](OC(=O)c4cc(C(F)(F)F)ccc4C(F)(F)F)C(O)(O)C23N1.